The van der Waals surface area contributed by atoms with Gasteiger partial charge in [-0.1, -0.05) is 13.0 Å². The molecule has 1 aromatic heterocycles. The summed E-state index contributed by atoms with van der Waals surface area (Å²) in [4.78, 5) is 15.0. The molecule has 0 bridgehead atoms. The molecule has 0 atom stereocenters. The number of hydrogen-bond donors (Lipinski definition) is 1. The summed E-state index contributed by atoms with van der Waals surface area (Å²) in [7, 11) is 0. The molecule has 90 valence electrons. The van der Waals surface area contributed by atoms with Gasteiger partial charge < -0.3 is 10.2 Å². The average molecular weight is 240 g/mol. The Morgan fingerprint density at radius 2 is 2.31 bits per heavy atom. The largest absolute Gasteiger partial charge is 0.338 e. The highest BCUT2D eigenvalue weighted by Gasteiger charge is 2.16. The van der Waals surface area contributed by atoms with E-state index >= 15 is 0 Å². The lowest BCUT2D eigenvalue weighted by Gasteiger charge is -2.26. The molecule has 1 aromatic rings. The van der Waals surface area contributed by atoms with Crippen LogP contribution in [-0.4, -0.2) is 23.5 Å². The molecular formula is C12H20N2OS. The van der Waals surface area contributed by atoms with Gasteiger partial charge in [0.05, 0.1) is 6.54 Å². The first-order chi connectivity index (χ1) is 7.65. The van der Waals surface area contributed by atoms with Crippen molar-refractivity contribution in [2.45, 2.75) is 39.8 Å². The van der Waals surface area contributed by atoms with E-state index < -0.39 is 0 Å². The molecule has 0 aliphatic heterocycles. The quantitative estimate of drug-likeness (QED) is 0.843. The van der Waals surface area contributed by atoms with Gasteiger partial charge in [0, 0.05) is 17.5 Å². The van der Waals surface area contributed by atoms with Crippen LogP contribution in [0.15, 0.2) is 17.5 Å². The van der Waals surface area contributed by atoms with Crippen LogP contribution in [0.3, 0.4) is 0 Å². The molecule has 0 aliphatic carbocycles. The summed E-state index contributed by atoms with van der Waals surface area (Å²) in [6.45, 7) is 7.58. The highest BCUT2D eigenvalue weighted by Crippen LogP contribution is 2.13. The zero-order chi connectivity index (χ0) is 12.0. The first-order valence-corrected chi connectivity index (χ1v) is 6.60. The highest BCUT2D eigenvalue weighted by molar-refractivity contribution is 7.09. The Balaban J connectivity index is 2.57. The van der Waals surface area contributed by atoms with Crippen molar-refractivity contribution in [2.24, 2.45) is 0 Å². The predicted molar refractivity (Wildman–Crippen MR) is 68.7 cm³/mol. The summed E-state index contributed by atoms with van der Waals surface area (Å²) in [5, 5.41) is 4.96. The minimum atomic E-state index is 0.0326. The fraction of sp³-hybridized carbons (Fsp3) is 0.583. The van der Waals surface area contributed by atoms with Crippen LogP contribution >= 0.6 is 11.3 Å². The molecule has 0 radical (unpaired) electrons. The van der Waals surface area contributed by atoms with Gasteiger partial charge in [-0.2, -0.15) is 0 Å². The summed E-state index contributed by atoms with van der Waals surface area (Å²) in [5.74, 6) is 0. The zero-order valence-electron chi connectivity index (χ0n) is 10.2. The fourth-order valence-electron chi connectivity index (χ4n) is 1.39. The smallest absolute Gasteiger partial charge is 0.317 e. The molecule has 0 spiro atoms. The molecule has 0 aliphatic rings. The lowest BCUT2D eigenvalue weighted by Crippen LogP contribution is -2.43. The van der Waals surface area contributed by atoms with Crippen LogP contribution in [0.25, 0.3) is 0 Å². The second-order valence-electron chi connectivity index (χ2n) is 4.03. The molecule has 1 heterocycles. The van der Waals surface area contributed by atoms with Crippen molar-refractivity contribution >= 4 is 17.4 Å². The van der Waals surface area contributed by atoms with Gasteiger partial charge in [0.2, 0.25) is 0 Å². The molecule has 0 unspecified atom stereocenters. The Labute approximate surface area is 101 Å². The minimum Gasteiger partial charge on any atom is -0.338 e. The molecule has 3 nitrogen and oxygen atoms in total. The van der Waals surface area contributed by atoms with Gasteiger partial charge in [-0.05, 0) is 31.7 Å². The van der Waals surface area contributed by atoms with Gasteiger partial charge in [0.1, 0.15) is 0 Å². The zero-order valence-corrected chi connectivity index (χ0v) is 11.0. The Morgan fingerprint density at radius 3 is 2.81 bits per heavy atom. The van der Waals surface area contributed by atoms with Crippen LogP contribution < -0.4 is 5.32 Å². The highest BCUT2D eigenvalue weighted by atomic mass is 32.1. The minimum absolute atomic E-state index is 0.0326. The van der Waals surface area contributed by atoms with Crippen LogP contribution in [0, 0.1) is 0 Å². The predicted octanol–water partition coefficient (Wildman–Crippen LogP) is 3.08. The van der Waals surface area contributed by atoms with Crippen molar-refractivity contribution < 1.29 is 4.79 Å². The summed E-state index contributed by atoms with van der Waals surface area (Å²) in [6.07, 6.45) is 0.969. The van der Waals surface area contributed by atoms with Crippen LogP contribution in [0.2, 0.25) is 0 Å². The maximum absolute atomic E-state index is 11.9. The number of hydrogen-bond acceptors (Lipinski definition) is 2. The molecular weight excluding hydrogens is 220 g/mol. The third-order valence-corrected chi connectivity index (χ3v) is 3.18. The molecule has 0 saturated carbocycles. The van der Waals surface area contributed by atoms with Gasteiger partial charge in [0.15, 0.2) is 0 Å². The van der Waals surface area contributed by atoms with E-state index in [0.29, 0.717) is 6.54 Å². The Hall–Kier alpha value is -1.03. The van der Waals surface area contributed by atoms with E-state index in [1.807, 2.05) is 30.2 Å². The molecule has 4 heteroatoms. The van der Waals surface area contributed by atoms with Crippen LogP contribution in [0.5, 0.6) is 0 Å². The van der Waals surface area contributed by atoms with Crippen LogP contribution in [-0.2, 0) is 6.54 Å². The average Bonchev–Trinajstić information content (AvgIpc) is 2.74. The normalized spacial score (nSPS) is 10.5. The Kier molecular flexibility index (Phi) is 5.32. The summed E-state index contributed by atoms with van der Waals surface area (Å²) in [5.41, 5.74) is 0. The van der Waals surface area contributed by atoms with E-state index in [-0.39, 0.29) is 12.1 Å². The van der Waals surface area contributed by atoms with Crippen LogP contribution in [0.4, 0.5) is 4.79 Å². The summed E-state index contributed by atoms with van der Waals surface area (Å²) < 4.78 is 0. The topological polar surface area (TPSA) is 32.3 Å². The standard InChI is InChI=1S/C12H20N2OS/c1-4-7-13-12(15)14(10(2)3)9-11-6-5-8-16-11/h5-6,8,10H,4,7,9H2,1-3H3,(H,13,15). The van der Waals surface area contributed by atoms with E-state index in [1.54, 1.807) is 11.3 Å². The van der Waals surface area contributed by atoms with Gasteiger partial charge in [0.25, 0.3) is 0 Å². The molecule has 0 saturated heterocycles. The van der Waals surface area contributed by atoms with E-state index in [9.17, 15) is 4.79 Å². The van der Waals surface area contributed by atoms with Gasteiger partial charge in [-0.3, -0.25) is 0 Å². The third kappa shape index (κ3) is 3.85. The number of amides is 2. The summed E-state index contributed by atoms with van der Waals surface area (Å²) in [6, 6.07) is 4.33. The van der Waals surface area contributed by atoms with E-state index in [0.717, 1.165) is 13.0 Å². The maximum Gasteiger partial charge on any atom is 0.317 e. The van der Waals surface area contributed by atoms with E-state index in [4.69, 9.17) is 0 Å². The van der Waals surface area contributed by atoms with Crippen molar-refractivity contribution in [3.05, 3.63) is 22.4 Å². The second kappa shape index (κ2) is 6.53. The number of thiophene rings is 1. The molecule has 0 aromatic carbocycles. The molecule has 16 heavy (non-hydrogen) atoms. The summed E-state index contributed by atoms with van der Waals surface area (Å²) >= 11 is 1.69. The van der Waals surface area contributed by atoms with Gasteiger partial charge >= 0.3 is 6.03 Å². The first kappa shape index (κ1) is 13.0. The van der Waals surface area contributed by atoms with Crippen molar-refractivity contribution in [1.82, 2.24) is 10.2 Å². The lowest BCUT2D eigenvalue weighted by atomic mass is 10.3. The van der Waals surface area contributed by atoms with Crippen molar-refractivity contribution in [3.63, 3.8) is 0 Å². The molecule has 1 rings (SSSR count). The molecule has 2 amide bonds. The Morgan fingerprint density at radius 1 is 1.56 bits per heavy atom. The number of carbonyl (C=O) groups excluding carboxylic acids is 1. The monoisotopic (exact) mass is 240 g/mol. The number of rotatable bonds is 5. The SMILES string of the molecule is CCCNC(=O)N(Cc1cccs1)C(C)C. The number of nitrogens with one attached hydrogen (secondary N) is 1. The fourth-order valence-corrected chi connectivity index (χ4v) is 2.10. The number of nitrogens with zero attached hydrogens (tertiary/aromatic N) is 1. The lowest BCUT2D eigenvalue weighted by molar-refractivity contribution is 0.180. The van der Waals surface area contributed by atoms with Crippen molar-refractivity contribution in [3.8, 4) is 0 Å². The van der Waals surface area contributed by atoms with Crippen molar-refractivity contribution in [1.29, 1.82) is 0 Å². The molecule has 1 N–H and O–H groups in total. The second-order valence-corrected chi connectivity index (χ2v) is 5.07. The van der Waals surface area contributed by atoms with Gasteiger partial charge in [-0.15, -0.1) is 11.3 Å². The maximum atomic E-state index is 11.9. The van der Waals surface area contributed by atoms with Gasteiger partial charge in [-0.25, -0.2) is 4.79 Å². The van der Waals surface area contributed by atoms with Crippen LogP contribution in [0.1, 0.15) is 32.1 Å². The van der Waals surface area contributed by atoms with E-state index in [1.165, 1.54) is 4.88 Å². The van der Waals surface area contributed by atoms with Crippen molar-refractivity contribution in [2.75, 3.05) is 6.54 Å². The van der Waals surface area contributed by atoms with E-state index in [2.05, 4.69) is 18.3 Å². The first-order valence-electron chi connectivity index (χ1n) is 5.72. The Bertz CT molecular complexity index is 309. The molecule has 0 fully saturated rings. The number of carbonyl (C=O) groups is 1. The third-order valence-electron chi connectivity index (χ3n) is 2.32. The number of urea groups is 1.